The summed E-state index contributed by atoms with van der Waals surface area (Å²) in [5.41, 5.74) is -3.80. The van der Waals surface area contributed by atoms with Crippen molar-refractivity contribution in [1.82, 2.24) is 0 Å². The minimum absolute atomic E-state index is 0.174. The van der Waals surface area contributed by atoms with E-state index in [9.17, 15) is 0 Å². The largest absolute Gasteiger partial charge is 0.0654 e. The molecule has 0 fully saturated rings. The van der Waals surface area contributed by atoms with Crippen LogP contribution in [0.1, 0.15) is 404 Å². The molecule has 0 saturated carbocycles. The lowest BCUT2D eigenvalue weighted by Crippen LogP contribution is -2.41. The fraction of sp³-hybridized carbons (Fsp3) is 1.00. The Hall–Kier alpha value is 0. The lowest BCUT2D eigenvalue weighted by Gasteiger charge is -2.49. The molecule has 0 aliphatic rings. The van der Waals surface area contributed by atoms with Gasteiger partial charge in [0.1, 0.15) is 0 Å². The average Bonchev–Trinajstić information content (AvgIpc) is 3.26. The second-order valence-corrected chi connectivity index (χ2v) is 23.2. The Morgan fingerprint density at radius 2 is 0.703 bits per heavy atom. The summed E-state index contributed by atoms with van der Waals surface area (Å²) in [6.45, 7) is 51.9. The predicted molar refractivity (Wildman–Crippen MR) is 314 cm³/mol. The first kappa shape index (κ1) is 36.0. The first-order valence-corrected chi connectivity index (χ1v) is 24.6. The number of hydrogen-bond acceptors (Lipinski definition) is 0. The van der Waals surface area contributed by atoms with Gasteiger partial charge in [0.05, 0.1) is 0 Å². The molecule has 0 aromatic carbocycles. The van der Waals surface area contributed by atoms with Gasteiger partial charge in [-0.3, -0.25) is 0 Å². The molecule has 402 valence electrons. The van der Waals surface area contributed by atoms with Crippen molar-refractivity contribution in [3.63, 3.8) is 0 Å². The monoisotopic (exact) mass is 944 g/mol. The molecule has 0 amide bonds. The maximum atomic E-state index is 7.76. The highest BCUT2D eigenvalue weighted by atomic mass is 14.5. The first-order valence-electron chi connectivity index (χ1n) is 39.1. The van der Waals surface area contributed by atoms with Crippen LogP contribution < -0.4 is 0 Å². The van der Waals surface area contributed by atoms with Gasteiger partial charge < -0.3 is 0 Å². The first-order chi connectivity index (χ1) is 39.1. The van der Waals surface area contributed by atoms with E-state index in [-0.39, 0.29) is 23.7 Å². The molecule has 64 heavy (non-hydrogen) atoms. The normalized spacial score (nSPS) is 23.8. The molecule has 0 radical (unpaired) electrons. The van der Waals surface area contributed by atoms with Crippen LogP contribution in [0.4, 0.5) is 0 Å². The third-order valence-corrected chi connectivity index (χ3v) is 10.6. The lowest BCUT2D eigenvalue weighted by atomic mass is 9.56. The summed E-state index contributed by atoms with van der Waals surface area (Å²) in [6, 6.07) is 0. The summed E-state index contributed by atoms with van der Waals surface area (Å²) in [6.07, 6.45) is -6.81. The van der Waals surface area contributed by atoms with Gasteiger partial charge in [0.2, 0.25) is 0 Å². The Morgan fingerprint density at radius 1 is 0.375 bits per heavy atom. The van der Waals surface area contributed by atoms with Gasteiger partial charge in [-0.25, -0.2) is 0 Å². The Morgan fingerprint density at radius 3 is 0.719 bits per heavy atom. The van der Waals surface area contributed by atoms with Gasteiger partial charge >= 0.3 is 0 Å². The fourth-order valence-corrected chi connectivity index (χ4v) is 4.69. The zero-order valence-electron chi connectivity index (χ0n) is 79.4. The smallest absolute Gasteiger partial charge is 0.0297 e. The van der Waals surface area contributed by atoms with Crippen molar-refractivity contribution >= 4 is 0 Å². The molecular formula is C64H146. The third kappa shape index (κ3) is 66.3. The highest BCUT2D eigenvalue weighted by molar-refractivity contribution is 4.91. The van der Waals surface area contributed by atoms with E-state index in [0.717, 1.165) is 13.3 Å². The minimum Gasteiger partial charge on any atom is -0.0654 e. The Labute approximate surface area is 459 Å². The molecular weight excluding hydrogens is 769 g/mol. The predicted octanol–water partition coefficient (Wildman–Crippen LogP) is 25.7. The lowest BCUT2D eigenvalue weighted by molar-refractivity contribution is 0.00575. The van der Waals surface area contributed by atoms with Crippen LogP contribution in [0.25, 0.3) is 0 Å². The summed E-state index contributed by atoms with van der Waals surface area (Å²) in [5, 5.41) is 0. The van der Waals surface area contributed by atoms with Gasteiger partial charge in [-0.05, 0) is 61.0 Å². The fourth-order valence-electron chi connectivity index (χ4n) is 4.69. The molecule has 0 saturated heterocycles. The van der Waals surface area contributed by atoms with E-state index >= 15 is 0 Å². The zero-order chi connectivity index (χ0) is 79.4. The maximum absolute atomic E-state index is 7.76. The van der Waals surface area contributed by atoms with E-state index in [0.29, 0.717) is 42.9 Å². The van der Waals surface area contributed by atoms with Crippen molar-refractivity contribution in [2.75, 3.05) is 0 Å². The standard InChI is InChI=1S/C11H24.3C9H20.C6H14.4C5H12/c1-9(2,3)11(7,8)10(4,5)6;1-8(2,3)7-9(4,5)6;2*1-7-9(5,6)8(2,3)4;1-4-5-6(2)3;4*1-3-5-4-2/h1-8H3;3*7H2,1-6H3;6H,4-5H2,1-3H3;4*3-5H2,1-2H3/i1D3,7D3;;2*5D3;4D2,5D2,6D;2*3D2,5D2;5D2;3D2. The Balaban J connectivity index is -0.000000124. The van der Waals surface area contributed by atoms with E-state index in [1.807, 2.05) is 90.0 Å². The second kappa shape index (κ2) is 44.2. The van der Waals surface area contributed by atoms with Gasteiger partial charge in [0.15, 0.2) is 0 Å². The molecule has 0 spiro atoms. The molecule has 0 aromatic rings. The van der Waals surface area contributed by atoms with Crippen LogP contribution in [0.3, 0.4) is 0 Å². The topological polar surface area (TPSA) is 0 Å². The van der Waals surface area contributed by atoms with E-state index in [1.54, 1.807) is 48.5 Å². The molecule has 0 heteroatoms. The van der Waals surface area contributed by atoms with Crippen molar-refractivity contribution in [3.05, 3.63) is 0 Å². The van der Waals surface area contributed by atoms with Crippen LogP contribution in [0.15, 0.2) is 0 Å². The molecule has 0 aliphatic heterocycles. The van der Waals surface area contributed by atoms with Gasteiger partial charge in [0.25, 0.3) is 0 Å². The highest BCUT2D eigenvalue weighted by Gasteiger charge is 2.42. The van der Waals surface area contributed by atoms with Crippen molar-refractivity contribution in [1.29, 1.82) is 0 Å². The Bertz CT molecular complexity index is 1800. The van der Waals surface area contributed by atoms with Crippen LogP contribution in [0, 0.1) is 54.6 Å². The molecule has 0 heterocycles. The minimum atomic E-state index is -2.33. The average molecular weight is 945 g/mol. The second-order valence-electron chi connectivity index (χ2n) is 23.2. The van der Waals surface area contributed by atoms with E-state index < -0.39 is 111 Å². The van der Waals surface area contributed by atoms with Gasteiger partial charge in [-0.1, -0.05) is 358 Å². The van der Waals surface area contributed by atoms with E-state index in [1.165, 1.54) is 48.0 Å². The van der Waals surface area contributed by atoms with Crippen molar-refractivity contribution in [2.45, 2.75) is 365 Å². The molecule has 0 rings (SSSR count). The summed E-state index contributed by atoms with van der Waals surface area (Å²) < 4.78 is 212. The number of rotatable bonds is 12. The molecule has 0 nitrogen and oxygen atoms in total. The molecule has 0 aliphatic carbocycles. The van der Waals surface area contributed by atoms with Crippen LogP contribution in [0.5, 0.6) is 0 Å². The summed E-state index contributed by atoms with van der Waals surface area (Å²) >= 11 is 0. The van der Waals surface area contributed by atoms with E-state index in [4.69, 9.17) is 39.8 Å². The van der Waals surface area contributed by atoms with Gasteiger partial charge in [-0.15, -0.1) is 0 Å². The van der Waals surface area contributed by atoms with Crippen molar-refractivity contribution < 1.29 is 39.8 Å². The molecule has 0 aromatic heterocycles. The highest BCUT2D eigenvalue weighted by Crippen LogP contribution is 2.50. The van der Waals surface area contributed by atoms with Crippen LogP contribution in [0.2, 0.25) is 0 Å². The molecule has 3 atom stereocenters. The quantitative estimate of drug-likeness (QED) is 0.183. The van der Waals surface area contributed by atoms with E-state index in [2.05, 4.69) is 41.5 Å². The molecule has 0 N–H and O–H groups in total. The van der Waals surface area contributed by atoms with Gasteiger partial charge in [-0.2, -0.15) is 0 Å². The molecule has 3 unspecified atom stereocenters. The maximum Gasteiger partial charge on any atom is 0.0297 e. The summed E-state index contributed by atoms with van der Waals surface area (Å²) in [5.74, 6) is -1.41. The Kier molecular flexibility index (Phi) is 24.9. The van der Waals surface area contributed by atoms with Crippen LogP contribution >= 0.6 is 0 Å². The van der Waals surface area contributed by atoms with Gasteiger partial charge in [0, 0.05) is 39.8 Å². The zero-order valence-corrected chi connectivity index (χ0v) is 50.4. The SMILES string of the molecule is CC(C)(C)CC(C)(C)C.[2H]C([2H])(C)C([2H])([2H])C([2H])(C)C.[2H]C([2H])(C)C([2H])([2H])CC.[2H]C([2H])(C)C([2H])([2H])CC.[2H]C([2H])(C)CCC.[2H]C([2H])(CC)CC.[2H]C([2H])([2H])C(C)(C)C(C)(C([2H])([2H])[2H])C(C)(C)C.[2H]C([2H])([2H])C(C)(CC)C(C)(C)C.[2H]C([2H])([2H])C(C)(CC)C(C)(C)C. The van der Waals surface area contributed by atoms with Crippen LogP contribution in [-0.4, -0.2) is 0 Å². The number of hydrogen-bond donors (Lipinski definition) is 0. The summed E-state index contributed by atoms with van der Waals surface area (Å²) in [4.78, 5) is 0. The summed E-state index contributed by atoms with van der Waals surface area (Å²) in [7, 11) is 0. The molecule has 0 bridgehead atoms. The van der Waals surface area contributed by atoms with Crippen LogP contribution in [-0.2, 0) is 0 Å². The third-order valence-electron chi connectivity index (χ3n) is 10.6. The van der Waals surface area contributed by atoms with Crippen molar-refractivity contribution in [3.8, 4) is 0 Å². The van der Waals surface area contributed by atoms with Crippen molar-refractivity contribution in [2.24, 2.45) is 54.6 Å².